The fraction of sp³-hybridized carbons (Fsp3) is 0.100. The third-order valence-electron chi connectivity index (χ3n) is 4.05. The van der Waals surface area contributed by atoms with Crippen molar-refractivity contribution in [3.63, 3.8) is 0 Å². The molecule has 0 aliphatic heterocycles. The number of hydrogen-bond acceptors (Lipinski definition) is 8. The van der Waals surface area contributed by atoms with Gasteiger partial charge in [-0.25, -0.2) is 4.98 Å². The third-order valence-corrected chi connectivity index (χ3v) is 4.05. The van der Waals surface area contributed by atoms with E-state index in [1.165, 1.54) is 24.6 Å². The summed E-state index contributed by atoms with van der Waals surface area (Å²) >= 11 is 0. The Morgan fingerprint density at radius 1 is 1.06 bits per heavy atom. The molecule has 4 aromatic rings. The molecular weight excluding hydrogens is 471 g/mol. The molecule has 1 aromatic carbocycles. The van der Waals surface area contributed by atoms with Gasteiger partial charge in [0.2, 0.25) is 5.89 Å². The van der Waals surface area contributed by atoms with Gasteiger partial charge in [0.15, 0.2) is 5.76 Å². The summed E-state index contributed by atoms with van der Waals surface area (Å²) in [6, 6.07) is 8.12. The van der Waals surface area contributed by atoms with Crippen LogP contribution in [0.1, 0.15) is 10.4 Å². The van der Waals surface area contributed by atoms with Crippen molar-refractivity contribution >= 4 is 11.7 Å². The van der Waals surface area contributed by atoms with Gasteiger partial charge in [-0.3, -0.25) is 4.79 Å². The van der Waals surface area contributed by atoms with E-state index in [-0.39, 0.29) is 17.6 Å². The molecule has 0 bridgehead atoms. The number of nitrogens with one attached hydrogen (secondary N) is 1. The number of furan rings is 1. The maximum atomic E-state index is 12.7. The molecular formula is C20H11F5N4O5. The Morgan fingerprint density at radius 3 is 2.56 bits per heavy atom. The largest absolute Gasteiger partial charge is 0.573 e. The zero-order chi connectivity index (χ0) is 24.3. The number of aromatic nitrogens is 3. The Balaban J connectivity index is 1.58. The van der Waals surface area contributed by atoms with Gasteiger partial charge < -0.3 is 23.6 Å². The lowest BCUT2D eigenvalue weighted by Crippen LogP contribution is -2.19. The fourth-order valence-corrected chi connectivity index (χ4v) is 2.74. The standard InChI is InChI=1S/C20H11F5N4O5/c21-19(22)32-13-4-3-11(34-20(23,24)25)9-12(13)16(30)27-15-8-10(5-6-26-15)17-28-29-18(33-17)14-2-1-7-31-14/h1-9,19H,(H,26,27,30). The van der Waals surface area contributed by atoms with Crippen molar-refractivity contribution in [3.8, 4) is 34.6 Å². The van der Waals surface area contributed by atoms with Gasteiger partial charge in [-0.15, -0.1) is 23.4 Å². The molecule has 14 heteroatoms. The van der Waals surface area contributed by atoms with Crippen molar-refractivity contribution in [2.24, 2.45) is 0 Å². The first-order valence-electron chi connectivity index (χ1n) is 9.18. The smallest absolute Gasteiger partial charge is 0.459 e. The first-order valence-corrected chi connectivity index (χ1v) is 9.18. The number of nitrogens with zero attached hydrogens (tertiary/aromatic N) is 3. The van der Waals surface area contributed by atoms with Crippen LogP contribution in [-0.4, -0.2) is 34.1 Å². The summed E-state index contributed by atoms with van der Waals surface area (Å²) in [5.41, 5.74) is -0.319. The van der Waals surface area contributed by atoms with E-state index in [1.807, 2.05) is 0 Å². The highest BCUT2D eigenvalue weighted by molar-refractivity contribution is 6.06. The van der Waals surface area contributed by atoms with E-state index >= 15 is 0 Å². The lowest BCUT2D eigenvalue weighted by Gasteiger charge is -2.14. The Labute approximate surface area is 186 Å². The van der Waals surface area contributed by atoms with E-state index in [2.05, 4.69) is 30.0 Å². The Hall–Kier alpha value is -4.49. The van der Waals surface area contributed by atoms with E-state index in [0.29, 0.717) is 17.4 Å². The molecule has 0 unspecified atom stereocenters. The number of rotatable bonds is 7. The van der Waals surface area contributed by atoms with E-state index < -0.39 is 35.9 Å². The van der Waals surface area contributed by atoms with Crippen molar-refractivity contribution in [2.45, 2.75) is 13.0 Å². The summed E-state index contributed by atoms with van der Waals surface area (Å²) in [6.07, 6.45) is -2.37. The van der Waals surface area contributed by atoms with Gasteiger partial charge in [-0.05, 0) is 42.5 Å². The molecule has 176 valence electrons. The molecule has 0 saturated heterocycles. The zero-order valence-corrected chi connectivity index (χ0v) is 16.5. The normalized spacial score (nSPS) is 11.5. The second-order valence-corrected chi connectivity index (χ2v) is 6.36. The van der Waals surface area contributed by atoms with Crippen LogP contribution in [0.25, 0.3) is 23.1 Å². The number of hydrogen-bond donors (Lipinski definition) is 1. The number of carbonyl (C=O) groups is 1. The predicted molar refractivity (Wildman–Crippen MR) is 103 cm³/mol. The lowest BCUT2D eigenvalue weighted by atomic mass is 10.1. The molecule has 0 spiro atoms. The number of carbonyl (C=O) groups excluding carboxylic acids is 1. The molecule has 1 amide bonds. The van der Waals surface area contributed by atoms with Gasteiger partial charge in [-0.2, -0.15) is 8.78 Å². The molecule has 0 saturated carbocycles. The minimum Gasteiger partial charge on any atom is -0.459 e. The van der Waals surface area contributed by atoms with E-state index in [1.54, 1.807) is 12.1 Å². The van der Waals surface area contributed by atoms with Gasteiger partial charge in [0.1, 0.15) is 17.3 Å². The number of anilines is 1. The van der Waals surface area contributed by atoms with Gasteiger partial charge in [0.25, 0.3) is 11.8 Å². The highest BCUT2D eigenvalue weighted by Gasteiger charge is 2.32. The van der Waals surface area contributed by atoms with Crippen LogP contribution in [0.4, 0.5) is 27.8 Å². The molecule has 34 heavy (non-hydrogen) atoms. The number of pyridine rings is 1. The molecule has 4 rings (SSSR count). The van der Waals surface area contributed by atoms with Crippen molar-refractivity contribution in [1.82, 2.24) is 15.2 Å². The number of halogens is 5. The summed E-state index contributed by atoms with van der Waals surface area (Å²) < 4.78 is 81.6. The molecule has 0 aliphatic rings. The van der Waals surface area contributed by atoms with E-state index in [9.17, 15) is 26.7 Å². The maximum absolute atomic E-state index is 12.7. The van der Waals surface area contributed by atoms with Crippen LogP contribution in [0.3, 0.4) is 0 Å². The van der Waals surface area contributed by atoms with Crippen LogP contribution in [0, 0.1) is 0 Å². The quantitative estimate of drug-likeness (QED) is 0.360. The minimum atomic E-state index is -5.06. The average molecular weight is 482 g/mol. The highest BCUT2D eigenvalue weighted by atomic mass is 19.4. The second-order valence-electron chi connectivity index (χ2n) is 6.36. The molecule has 0 atom stereocenters. The summed E-state index contributed by atoms with van der Waals surface area (Å²) in [6.45, 7) is -3.33. The van der Waals surface area contributed by atoms with Crippen LogP contribution >= 0.6 is 0 Å². The van der Waals surface area contributed by atoms with Crippen molar-refractivity contribution in [3.05, 3.63) is 60.5 Å². The van der Waals surface area contributed by atoms with E-state index in [0.717, 1.165) is 12.1 Å². The first-order chi connectivity index (χ1) is 16.2. The SMILES string of the molecule is O=C(Nc1cc(-c2nnc(-c3ccco3)o2)ccn1)c1cc(OC(F)(F)F)ccc1OC(F)F. The van der Waals surface area contributed by atoms with Gasteiger partial charge in [-0.1, -0.05) is 0 Å². The molecule has 3 aromatic heterocycles. The van der Waals surface area contributed by atoms with Gasteiger partial charge >= 0.3 is 13.0 Å². The summed E-state index contributed by atoms with van der Waals surface area (Å²) in [4.78, 5) is 16.6. The maximum Gasteiger partial charge on any atom is 0.573 e. The molecule has 1 N–H and O–H groups in total. The topological polar surface area (TPSA) is 113 Å². The van der Waals surface area contributed by atoms with Crippen LogP contribution in [0.5, 0.6) is 11.5 Å². The molecule has 0 radical (unpaired) electrons. The van der Waals surface area contributed by atoms with Gasteiger partial charge in [0.05, 0.1) is 11.8 Å². The molecule has 0 fully saturated rings. The van der Waals surface area contributed by atoms with Crippen LogP contribution in [-0.2, 0) is 0 Å². The second kappa shape index (κ2) is 9.17. The van der Waals surface area contributed by atoms with Crippen molar-refractivity contribution in [1.29, 1.82) is 0 Å². The summed E-state index contributed by atoms with van der Waals surface area (Å²) in [5, 5.41) is 10.00. The van der Waals surface area contributed by atoms with Crippen LogP contribution < -0.4 is 14.8 Å². The monoisotopic (exact) mass is 482 g/mol. The lowest BCUT2D eigenvalue weighted by molar-refractivity contribution is -0.274. The fourth-order valence-electron chi connectivity index (χ4n) is 2.74. The molecule has 0 aliphatic carbocycles. The number of benzene rings is 1. The average Bonchev–Trinajstić information content (AvgIpc) is 3.45. The molecule has 3 heterocycles. The van der Waals surface area contributed by atoms with Crippen LogP contribution in [0.2, 0.25) is 0 Å². The summed E-state index contributed by atoms with van der Waals surface area (Å²) in [5.74, 6) is -2.19. The first kappa shape index (κ1) is 22.7. The number of amides is 1. The minimum absolute atomic E-state index is 0.0478. The molecule has 9 nitrogen and oxygen atoms in total. The van der Waals surface area contributed by atoms with Crippen LogP contribution in [0.15, 0.2) is 63.8 Å². The Bertz CT molecular complexity index is 1290. The number of ether oxygens (including phenoxy) is 2. The number of alkyl halides is 5. The predicted octanol–water partition coefficient (Wildman–Crippen LogP) is 5.14. The van der Waals surface area contributed by atoms with E-state index in [4.69, 9.17) is 8.83 Å². The third kappa shape index (κ3) is 5.46. The van der Waals surface area contributed by atoms with Crippen molar-refractivity contribution in [2.75, 3.05) is 5.32 Å². The highest BCUT2D eigenvalue weighted by Crippen LogP contribution is 2.30. The van der Waals surface area contributed by atoms with Crippen molar-refractivity contribution < 1.29 is 45.1 Å². The Morgan fingerprint density at radius 2 is 1.85 bits per heavy atom. The van der Waals surface area contributed by atoms with Gasteiger partial charge in [0, 0.05) is 11.8 Å². The Kier molecular flexibility index (Phi) is 6.12. The zero-order valence-electron chi connectivity index (χ0n) is 16.5. The summed E-state index contributed by atoms with van der Waals surface area (Å²) in [7, 11) is 0.